The van der Waals surface area contributed by atoms with E-state index in [1.807, 2.05) is 20.8 Å². The normalized spacial score (nSPS) is 31.4. The number of unbranched alkanes of at least 4 members (excludes halogenated alkanes) is 1. The van der Waals surface area contributed by atoms with Crippen LogP contribution in [0.25, 0.3) is 0 Å². The SMILES string of the molecule is C=CCCOC(=O)[C@H]1[C@H]2C(=O)N([C@@H](CO)CC(C)C)C(C(=O)N(CC=C)CCCC)C23CC[C@]1(C)O3. The third-order valence-corrected chi connectivity index (χ3v) is 8.06. The smallest absolute Gasteiger partial charge is 0.312 e. The minimum Gasteiger partial charge on any atom is -0.465 e. The van der Waals surface area contributed by atoms with E-state index in [1.165, 1.54) is 0 Å². The number of ether oxygens (including phenoxy) is 2. The van der Waals surface area contributed by atoms with E-state index in [0.717, 1.165) is 12.8 Å². The lowest BCUT2D eigenvalue weighted by atomic mass is 9.66. The van der Waals surface area contributed by atoms with Crippen LogP contribution in [0, 0.1) is 17.8 Å². The molecule has 3 aliphatic heterocycles. The van der Waals surface area contributed by atoms with E-state index >= 15 is 0 Å². The molecule has 3 rings (SSSR count). The Morgan fingerprint density at radius 3 is 2.61 bits per heavy atom. The van der Waals surface area contributed by atoms with Crippen LogP contribution in [-0.4, -0.2) is 82.3 Å². The number of esters is 1. The number of rotatable bonds is 14. The van der Waals surface area contributed by atoms with Crippen molar-refractivity contribution in [2.45, 2.75) is 89.5 Å². The van der Waals surface area contributed by atoms with Crippen LogP contribution in [0.15, 0.2) is 25.3 Å². The van der Waals surface area contributed by atoms with Crippen LogP contribution < -0.4 is 0 Å². The van der Waals surface area contributed by atoms with Gasteiger partial charge in [-0.3, -0.25) is 14.4 Å². The van der Waals surface area contributed by atoms with Gasteiger partial charge in [0.05, 0.1) is 30.8 Å². The molecule has 3 saturated heterocycles. The summed E-state index contributed by atoms with van der Waals surface area (Å²) in [5.41, 5.74) is -2.00. The van der Waals surface area contributed by atoms with Crippen molar-refractivity contribution in [3.8, 4) is 0 Å². The van der Waals surface area contributed by atoms with Crippen LogP contribution >= 0.6 is 0 Å². The van der Waals surface area contributed by atoms with Gasteiger partial charge >= 0.3 is 5.97 Å². The van der Waals surface area contributed by atoms with Crippen molar-refractivity contribution in [3.63, 3.8) is 0 Å². The molecule has 8 nitrogen and oxygen atoms in total. The van der Waals surface area contributed by atoms with E-state index in [2.05, 4.69) is 20.1 Å². The van der Waals surface area contributed by atoms with Crippen molar-refractivity contribution >= 4 is 17.8 Å². The van der Waals surface area contributed by atoms with E-state index in [-0.39, 0.29) is 30.9 Å². The Morgan fingerprint density at radius 2 is 2.03 bits per heavy atom. The first-order valence-corrected chi connectivity index (χ1v) is 13.4. The van der Waals surface area contributed by atoms with Crippen LogP contribution in [-0.2, 0) is 23.9 Å². The summed E-state index contributed by atoms with van der Waals surface area (Å²) in [7, 11) is 0. The maximum absolute atomic E-state index is 14.2. The number of carbonyl (C=O) groups is 3. The number of likely N-dealkylation sites (tertiary alicyclic amines) is 1. The van der Waals surface area contributed by atoms with Gasteiger partial charge in [0.25, 0.3) is 0 Å². The fourth-order valence-electron chi connectivity index (χ4n) is 6.52. The minimum absolute atomic E-state index is 0.186. The number of aliphatic hydroxyl groups excluding tert-OH is 1. The van der Waals surface area contributed by atoms with Crippen molar-refractivity contribution in [3.05, 3.63) is 25.3 Å². The molecule has 3 fully saturated rings. The standard InChI is InChI=1S/C28H44N2O6/c1-7-10-15-29(14-9-3)25(33)23-28-13-12-27(6,36-28)22(26(34)35-16-11-8-2)21(28)24(32)30(23)20(18-31)17-19(4)5/h8-9,19-23,31H,2-3,7,10-18H2,1,4-6H3/t20-,21+,22-,23?,27+,28?/m1/s1. The summed E-state index contributed by atoms with van der Waals surface area (Å²) in [5.74, 6) is -2.39. The highest BCUT2D eigenvalue weighted by Gasteiger charge is 2.79. The second kappa shape index (κ2) is 11.5. The Balaban J connectivity index is 2.07. The summed E-state index contributed by atoms with van der Waals surface area (Å²) in [6.07, 6.45) is 7.21. The molecule has 36 heavy (non-hydrogen) atoms. The Bertz CT molecular complexity index is 859. The Hall–Kier alpha value is -2.19. The first kappa shape index (κ1) is 28.4. The van der Waals surface area contributed by atoms with E-state index in [4.69, 9.17) is 9.47 Å². The number of amides is 2. The second-order valence-corrected chi connectivity index (χ2v) is 11.1. The Kier molecular flexibility index (Phi) is 9.04. The van der Waals surface area contributed by atoms with Crippen LogP contribution in [0.1, 0.15) is 66.2 Å². The van der Waals surface area contributed by atoms with E-state index < -0.39 is 41.1 Å². The third kappa shape index (κ3) is 4.86. The van der Waals surface area contributed by atoms with Gasteiger partial charge in [0.15, 0.2) is 0 Å². The molecule has 0 aromatic heterocycles. The van der Waals surface area contributed by atoms with Gasteiger partial charge in [-0.05, 0) is 44.9 Å². The van der Waals surface area contributed by atoms with E-state index in [1.54, 1.807) is 22.0 Å². The quantitative estimate of drug-likeness (QED) is 0.222. The zero-order chi connectivity index (χ0) is 26.7. The molecule has 3 heterocycles. The Labute approximate surface area is 215 Å². The van der Waals surface area contributed by atoms with Gasteiger partial charge in [0.2, 0.25) is 11.8 Å². The van der Waals surface area contributed by atoms with E-state index in [9.17, 15) is 19.5 Å². The summed E-state index contributed by atoms with van der Waals surface area (Å²) < 4.78 is 12.2. The van der Waals surface area contributed by atoms with Crippen LogP contribution in [0.4, 0.5) is 0 Å². The number of hydrogen-bond acceptors (Lipinski definition) is 6. The molecular formula is C28H44N2O6. The molecule has 202 valence electrons. The van der Waals surface area contributed by atoms with Crippen LogP contribution in [0.2, 0.25) is 0 Å². The molecule has 1 spiro atoms. The fraction of sp³-hybridized carbons (Fsp3) is 0.750. The Morgan fingerprint density at radius 1 is 1.31 bits per heavy atom. The maximum atomic E-state index is 14.2. The molecule has 8 heteroatoms. The van der Waals surface area contributed by atoms with Gasteiger partial charge in [-0.15, -0.1) is 13.2 Å². The topological polar surface area (TPSA) is 96.4 Å². The molecule has 1 N–H and O–H groups in total. The van der Waals surface area contributed by atoms with E-state index in [0.29, 0.717) is 38.8 Å². The highest BCUT2D eigenvalue weighted by atomic mass is 16.6. The molecule has 0 radical (unpaired) electrons. The van der Waals surface area contributed by atoms with Gasteiger partial charge in [0, 0.05) is 13.1 Å². The van der Waals surface area contributed by atoms with Crippen LogP contribution in [0.5, 0.6) is 0 Å². The highest BCUT2D eigenvalue weighted by Crippen LogP contribution is 2.63. The molecule has 3 aliphatic rings. The number of carbonyl (C=O) groups excluding carboxylic acids is 3. The molecular weight excluding hydrogens is 460 g/mol. The van der Waals surface area contributed by atoms with Crippen molar-refractivity contribution < 1.29 is 29.0 Å². The van der Waals surface area contributed by atoms with Gasteiger partial charge in [-0.25, -0.2) is 0 Å². The molecule has 0 aliphatic carbocycles. The fourth-order valence-corrected chi connectivity index (χ4v) is 6.52. The van der Waals surface area contributed by atoms with Crippen LogP contribution in [0.3, 0.4) is 0 Å². The third-order valence-electron chi connectivity index (χ3n) is 8.06. The first-order valence-electron chi connectivity index (χ1n) is 13.4. The van der Waals surface area contributed by atoms with Crippen molar-refractivity contribution in [2.24, 2.45) is 17.8 Å². The largest absolute Gasteiger partial charge is 0.465 e. The van der Waals surface area contributed by atoms with Gasteiger partial charge < -0.3 is 24.4 Å². The average Bonchev–Trinajstić information content (AvgIpc) is 3.40. The van der Waals surface area contributed by atoms with Gasteiger partial charge in [0.1, 0.15) is 17.6 Å². The zero-order valence-corrected chi connectivity index (χ0v) is 22.4. The van der Waals surface area contributed by atoms with Crippen molar-refractivity contribution in [1.29, 1.82) is 0 Å². The number of nitrogens with zero attached hydrogens (tertiary/aromatic N) is 2. The lowest BCUT2D eigenvalue weighted by Crippen LogP contribution is -2.59. The second-order valence-electron chi connectivity index (χ2n) is 11.1. The van der Waals surface area contributed by atoms with Crippen molar-refractivity contribution in [2.75, 3.05) is 26.3 Å². The molecule has 2 amide bonds. The number of hydrogen-bond donors (Lipinski definition) is 1. The first-order chi connectivity index (χ1) is 17.1. The summed E-state index contributed by atoms with van der Waals surface area (Å²) in [6.45, 7) is 16.3. The molecule has 0 aromatic carbocycles. The highest BCUT2D eigenvalue weighted by molar-refractivity contribution is 5.98. The molecule has 0 aromatic rings. The predicted octanol–water partition coefficient (Wildman–Crippen LogP) is 3.09. The summed E-state index contributed by atoms with van der Waals surface area (Å²) >= 11 is 0. The molecule has 2 unspecified atom stereocenters. The predicted molar refractivity (Wildman–Crippen MR) is 137 cm³/mol. The molecule has 0 saturated carbocycles. The minimum atomic E-state index is -1.12. The molecule has 6 atom stereocenters. The zero-order valence-electron chi connectivity index (χ0n) is 22.4. The number of fused-ring (bicyclic) bond motifs is 1. The monoisotopic (exact) mass is 504 g/mol. The lowest BCUT2D eigenvalue weighted by molar-refractivity contribution is -0.162. The van der Waals surface area contributed by atoms with Crippen molar-refractivity contribution in [1.82, 2.24) is 9.80 Å². The van der Waals surface area contributed by atoms with Gasteiger partial charge in [-0.1, -0.05) is 39.3 Å². The maximum Gasteiger partial charge on any atom is 0.312 e. The average molecular weight is 505 g/mol. The number of aliphatic hydroxyl groups is 1. The summed E-state index contributed by atoms with van der Waals surface area (Å²) in [6, 6.07) is -1.45. The lowest BCUT2D eigenvalue weighted by Gasteiger charge is -2.40. The molecule has 2 bridgehead atoms. The summed E-state index contributed by atoms with van der Waals surface area (Å²) in [4.78, 5) is 45.0. The van der Waals surface area contributed by atoms with Gasteiger partial charge in [-0.2, -0.15) is 0 Å². The summed E-state index contributed by atoms with van der Waals surface area (Å²) in [5, 5.41) is 10.4.